The summed E-state index contributed by atoms with van der Waals surface area (Å²) in [6, 6.07) is 12.0. The van der Waals surface area contributed by atoms with E-state index >= 15 is 0 Å². The molecule has 108 valence electrons. The molecule has 1 aliphatic rings. The van der Waals surface area contributed by atoms with Crippen LogP contribution in [0.4, 0.5) is 0 Å². The Morgan fingerprint density at radius 2 is 1.81 bits per heavy atom. The van der Waals surface area contributed by atoms with Crippen LogP contribution in [0.15, 0.2) is 42.5 Å². The smallest absolute Gasteiger partial charge is 0.194 e. The van der Waals surface area contributed by atoms with E-state index in [0.717, 1.165) is 5.56 Å². The van der Waals surface area contributed by atoms with Crippen molar-refractivity contribution in [2.75, 3.05) is 13.2 Å². The fourth-order valence-corrected chi connectivity index (χ4v) is 2.58. The summed E-state index contributed by atoms with van der Waals surface area (Å²) in [4.78, 5) is 12.6. The van der Waals surface area contributed by atoms with Crippen molar-refractivity contribution in [3.05, 3.63) is 69.2 Å². The van der Waals surface area contributed by atoms with Gasteiger partial charge in [-0.1, -0.05) is 41.4 Å². The lowest BCUT2D eigenvalue weighted by Gasteiger charge is -2.11. The summed E-state index contributed by atoms with van der Waals surface area (Å²) in [6.07, 6.45) is -0.410. The number of hydrogen-bond donors (Lipinski definition) is 0. The minimum Gasteiger partial charge on any atom is -0.346 e. The topological polar surface area (TPSA) is 35.5 Å². The van der Waals surface area contributed by atoms with E-state index in [1.807, 2.05) is 6.07 Å². The van der Waals surface area contributed by atoms with E-state index in [4.69, 9.17) is 32.7 Å². The van der Waals surface area contributed by atoms with Gasteiger partial charge in [-0.15, -0.1) is 0 Å². The van der Waals surface area contributed by atoms with Crippen molar-refractivity contribution in [2.24, 2.45) is 0 Å². The van der Waals surface area contributed by atoms with Crippen LogP contribution in [0, 0.1) is 0 Å². The van der Waals surface area contributed by atoms with Gasteiger partial charge in [0.1, 0.15) is 0 Å². The van der Waals surface area contributed by atoms with E-state index < -0.39 is 6.29 Å². The molecule has 0 aliphatic carbocycles. The highest BCUT2D eigenvalue weighted by molar-refractivity contribution is 6.36. The van der Waals surface area contributed by atoms with Gasteiger partial charge in [0.25, 0.3) is 0 Å². The number of benzene rings is 2. The predicted octanol–water partition coefficient (Wildman–Crippen LogP) is 4.27. The highest BCUT2D eigenvalue weighted by Crippen LogP contribution is 2.27. The van der Waals surface area contributed by atoms with E-state index in [1.165, 1.54) is 0 Å². The third kappa shape index (κ3) is 3.11. The van der Waals surface area contributed by atoms with Crippen molar-refractivity contribution in [1.29, 1.82) is 0 Å². The van der Waals surface area contributed by atoms with Crippen LogP contribution in [0.1, 0.15) is 27.8 Å². The van der Waals surface area contributed by atoms with Crippen molar-refractivity contribution < 1.29 is 14.3 Å². The van der Waals surface area contributed by atoms with Gasteiger partial charge >= 0.3 is 0 Å². The van der Waals surface area contributed by atoms with Crippen LogP contribution in [0.5, 0.6) is 0 Å². The van der Waals surface area contributed by atoms with Crippen LogP contribution < -0.4 is 0 Å². The van der Waals surface area contributed by atoms with Gasteiger partial charge in [0.2, 0.25) is 0 Å². The number of carbonyl (C=O) groups is 1. The van der Waals surface area contributed by atoms with Gasteiger partial charge in [-0.2, -0.15) is 0 Å². The molecule has 2 aromatic carbocycles. The molecule has 0 saturated carbocycles. The molecule has 1 saturated heterocycles. The molecule has 0 N–H and O–H groups in total. The monoisotopic (exact) mass is 322 g/mol. The minimum atomic E-state index is -0.410. The Kier molecular flexibility index (Phi) is 4.27. The van der Waals surface area contributed by atoms with Gasteiger partial charge in [-0.3, -0.25) is 4.79 Å². The first-order valence-corrected chi connectivity index (χ1v) is 7.23. The SMILES string of the molecule is O=C(c1cccc(C2OCCO2)c1)c1cc(Cl)ccc1Cl. The zero-order valence-corrected chi connectivity index (χ0v) is 12.5. The molecule has 0 unspecified atom stereocenters. The maximum Gasteiger partial charge on any atom is 0.194 e. The Hall–Kier alpha value is -1.39. The van der Waals surface area contributed by atoms with Crippen molar-refractivity contribution >= 4 is 29.0 Å². The molecule has 21 heavy (non-hydrogen) atoms. The lowest BCUT2D eigenvalue weighted by atomic mass is 10.0. The lowest BCUT2D eigenvalue weighted by Crippen LogP contribution is -2.05. The summed E-state index contributed by atoms with van der Waals surface area (Å²) in [7, 11) is 0. The highest BCUT2D eigenvalue weighted by Gasteiger charge is 2.20. The Balaban J connectivity index is 1.94. The molecule has 0 amide bonds. The fraction of sp³-hybridized carbons (Fsp3) is 0.188. The fourth-order valence-electron chi connectivity index (χ4n) is 2.20. The zero-order chi connectivity index (χ0) is 14.8. The number of rotatable bonds is 3. The van der Waals surface area contributed by atoms with Crippen LogP contribution >= 0.6 is 23.2 Å². The summed E-state index contributed by atoms with van der Waals surface area (Å²) in [6.45, 7) is 1.12. The quantitative estimate of drug-likeness (QED) is 0.791. The number of carbonyl (C=O) groups excluding carboxylic acids is 1. The molecule has 0 bridgehead atoms. The first-order chi connectivity index (χ1) is 10.1. The van der Waals surface area contributed by atoms with Crippen LogP contribution in [-0.4, -0.2) is 19.0 Å². The molecule has 0 atom stereocenters. The zero-order valence-electron chi connectivity index (χ0n) is 11.0. The van der Waals surface area contributed by atoms with Crippen LogP contribution in [0.2, 0.25) is 10.0 Å². The summed E-state index contributed by atoms with van der Waals surface area (Å²) < 4.78 is 10.9. The Labute approximate surface area is 132 Å². The number of hydrogen-bond acceptors (Lipinski definition) is 3. The van der Waals surface area contributed by atoms with E-state index in [9.17, 15) is 4.79 Å². The van der Waals surface area contributed by atoms with Crippen molar-refractivity contribution in [3.8, 4) is 0 Å². The van der Waals surface area contributed by atoms with E-state index in [2.05, 4.69) is 0 Å². The van der Waals surface area contributed by atoms with Crippen molar-refractivity contribution in [3.63, 3.8) is 0 Å². The standard InChI is InChI=1S/C16H12Cl2O3/c17-12-4-5-14(18)13(9-12)15(19)10-2-1-3-11(8-10)16-20-6-7-21-16/h1-5,8-9,16H,6-7H2. The van der Waals surface area contributed by atoms with Crippen LogP contribution in [-0.2, 0) is 9.47 Å². The van der Waals surface area contributed by atoms with Crippen LogP contribution in [0.25, 0.3) is 0 Å². The maximum atomic E-state index is 12.6. The molecule has 0 aromatic heterocycles. The van der Waals surface area contributed by atoms with E-state index in [1.54, 1.807) is 36.4 Å². The third-order valence-corrected chi connectivity index (χ3v) is 3.78. The van der Waals surface area contributed by atoms with Gasteiger partial charge in [-0.25, -0.2) is 0 Å². The van der Waals surface area contributed by atoms with Gasteiger partial charge in [0.05, 0.1) is 18.2 Å². The molecule has 0 radical (unpaired) electrons. The van der Waals surface area contributed by atoms with E-state index in [0.29, 0.717) is 34.4 Å². The van der Waals surface area contributed by atoms with E-state index in [-0.39, 0.29) is 5.78 Å². The first kappa shape index (κ1) is 14.5. The molecule has 0 spiro atoms. The summed E-state index contributed by atoms with van der Waals surface area (Å²) in [5.74, 6) is -0.178. The van der Waals surface area contributed by atoms with Gasteiger partial charge in [0.15, 0.2) is 12.1 Å². The molecule has 5 heteroatoms. The summed E-state index contributed by atoms with van der Waals surface area (Å²) in [5, 5.41) is 0.851. The highest BCUT2D eigenvalue weighted by atomic mass is 35.5. The molecular formula is C16H12Cl2O3. The molecule has 1 heterocycles. The number of ketones is 1. The summed E-state index contributed by atoms with van der Waals surface area (Å²) in [5.41, 5.74) is 1.72. The average molecular weight is 323 g/mol. The summed E-state index contributed by atoms with van der Waals surface area (Å²) >= 11 is 12.0. The normalized spacial score (nSPS) is 15.3. The third-order valence-electron chi connectivity index (χ3n) is 3.22. The second-order valence-corrected chi connectivity index (χ2v) is 5.50. The van der Waals surface area contributed by atoms with Crippen molar-refractivity contribution in [2.45, 2.75) is 6.29 Å². The molecule has 3 nitrogen and oxygen atoms in total. The largest absolute Gasteiger partial charge is 0.346 e. The molecule has 1 aliphatic heterocycles. The average Bonchev–Trinajstić information content (AvgIpc) is 3.03. The minimum absolute atomic E-state index is 0.178. The predicted molar refractivity (Wildman–Crippen MR) is 81.0 cm³/mol. The van der Waals surface area contributed by atoms with Crippen molar-refractivity contribution in [1.82, 2.24) is 0 Å². The van der Waals surface area contributed by atoms with Gasteiger partial charge in [-0.05, 0) is 24.3 Å². The Morgan fingerprint density at radius 3 is 2.57 bits per heavy atom. The number of ether oxygens (including phenoxy) is 2. The maximum absolute atomic E-state index is 12.6. The lowest BCUT2D eigenvalue weighted by molar-refractivity contribution is -0.0441. The van der Waals surface area contributed by atoms with Gasteiger partial charge in [0, 0.05) is 21.7 Å². The Bertz CT molecular complexity index is 679. The second kappa shape index (κ2) is 6.16. The molecule has 3 rings (SSSR count). The molecular weight excluding hydrogens is 311 g/mol. The van der Waals surface area contributed by atoms with Gasteiger partial charge < -0.3 is 9.47 Å². The van der Waals surface area contributed by atoms with Crippen LogP contribution in [0.3, 0.4) is 0 Å². The molecule has 1 fully saturated rings. The molecule has 2 aromatic rings. The second-order valence-electron chi connectivity index (χ2n) is 4.65. The Morgan fingerprint density at radius 1 is 1.05 bits per heavy atom. The number of halogens is 2. The first-order valence-electron chi connectivity index (χ1n) is 6.48.